The molecule has 2 fully saturated rings. The molecule has 0 aromatic heterocycles. The average molecular weight is 383 g/mol. The quantitative estimate of drug-likeness (QED) is 0.303. The molecule has 2 aliphatic heterocycles. The van der Waals surface area contributed by atoms with E-state index in [9.17, 15) is 24.0 Å². The Hall–Kier alpha value is -2.69. The van der Waals surface area contributed by atoms with E-state index in [1.807, 2.05) is 0 Å². The number of carbonyl (C=O) groups excluding carboxylic acids is 4. The van der Waals surface area contributed by atoms with Gasteiger partial charge in [-0.25, -0.2) is 0 Å². The third-order valence-corrected chi connectivity index (χ3v) is 4.65. The van der Waals surface area contributed by atoms with Crippen LogP contribution in [0.2, 0.25) is 0 Å². The lowest BCUT2D eigenvalue weighted by Crippen LogP contribution is -2.56. The van der Waals surface area contributed by atoms with Gasteiger partial charge in [-0.1, -0.05) is 0 Å². The molecule has 2 rings (SSSR count). The summed E-state index contributed by atoms with van der Waals surface area (Å²) in [5.41, 5.74) is 5.12. The van der Waals surface area contributed by atoms with Gasteiger partial charge in [-0.15, -0.1) is 0 Å². The number of carboxylic acid groups (broad SMARTS) is 1. The normalized spacial score (nSPS) is 22.9. The first-order chi connectivity index (χ1) is 12.8. The minimum Gasteiger partial charge on any atom is -0.480 e. The Kier molecular flexibility index (Phi) is 7.11. The van der Waals surface area contributed by atoms with E-state index in [1.165, 1.54) is 4.90 Å². The highest BCUT2D eigenvalue weighted by atomic mass is 16.4. The van der Waals surface area contributed by atoms with Crippen molar-refractivity contribution in [3.63, 3.8) is 0 Å². The van der Waals surface area contributed by atoms with Crippen LogP contribution >= 0.6 is 0 Å². The summed E-state index contributed by atoms with van der Waals surface area (Å²) < 4.78 is 0. The molecule has 6 N–H and O–H groups in total. The molecule has 0 aromatic rings. The summed E-state index contributed by atoms with van der Waals surface area (Å²) in [6, 6.07) is -2.34. The molecule has 11 heteroatoms. The Morgan fingerprint density at radius 3 is 2.52 bits per heavy atom. The van der Waals surface area contributed by atoms with Crippen LogP contribution in [0.4, 0.5) is 0 Å². The highest BCUT2D eigenvalue weighted by molar-refractivity contribution is 5.96. The summed E-state index contributed by atoms with van der Waals surface area (Å²) >= 11 is 0. The van der Waals surface area contributed by atoms with E-state index in [0.717, 1.165) is 13.0 Å². The maximum absolute atomic E-state index is 12.6. The van der Waals surface area contributed by atoms with Gasteiger partial charge in [-0.2, -0.15) is 0 Å². The highest BCUT2D eigenvalue weighted by Crippen LogP contribution is 2.21. The van der Waals surface area contributed by atoms with E-state index in [2.05, 4.69) is 16.0 Å². The number of primary amides is 1. The molecule has 11 nitrogen and oxygen atoms in total. The fourth-order valence-corrected chi connectivity index (χ4v) is 3.36. The van der Waals surface area contributed by atoms with Crippen LogP contribution < -0.4 is 21.7 Å². The fraction of sp³-hybridized carbons (Fsp3) is 0.688. The Balaban J connectivity index is 2.01. The molecule has 0 saturated carbocycles. The lowest BCUT2D eigenvalue weighted by molar-refractivity contribution is -0.141. The smallest absolute Gasteiger partial charge is 0.322 e. The second kappa shape index (κ2) is 9.31. The summed E-state index contributed by atoms with van der Waals surface area (Å²) in [7, 11) is 0. The van der Waals surface area contributed by atoms with Crippen LogP contribution in [0.1, 0.15) is 32.1 Å². The third kappa shape index (κ3) is 5.64. The third-order valence-electron chi connectivity index (χ3n) is 4.65. The topological polar surface area (TPSA) is 171 Å². The van der Waals surface area contributed by atoms with Crippen LogP contribution in [0.3, 0.4) is 0 Å². The van der Waals surface area contributed by atoms with Gasteiger partial charge in [0, 0.05) is 6.54 Å². The van der Waals surface area contributed by atoms with Gasteiger partial charge in [0.2, 0.25) is 23.6 Å². The maximum atomic E-state index is 12.6. The number of aliphatic carboxylic acids is 1. The van der Waals surface area contributed by atoms with Crippen LogP contribution in [0, 0.1) is 0 Å². The van der Waals surface area contributed by atoms with Crippen molar-refractivity contribution in [2.45, 2.75) is 50.2 Å². The number of nitrogens with one attached hydrogen (secondary N) is 3. The number of hydrogen-bond donors (Lipinski definition) is 5. The van der Waals surface area contributed by atoms with Gasteiger partial charge in [-0.3, -0.25) is 24.0 Å². The zero-order valence-corrected chi connectivity index (χ0v) is 14.9. The van der Waals surface area contributed by atoms with Gasteiger partial charge >= 0.3 is 5.97 Å². The van der Waals surface area contributed by atoms with Crippen molar-refractivity contribution in [3.8, 4) is 0 Å². The molecule has 0 spiro atoms. The molecular formula is C16H25N5O6. The van der Waals surface area contributed by atoms with Crippen molar-refractivity contribution in [1.29, 1.82) is 0 Å². The molecular weight excluding hydrogens is 358 g/mol. The summed E-state index contributed by atoms with van der Waals surface area (Å²) in [5.74, 6) is -3.61. The Bertz CT molecular complexity index is 618. The van der Waals surface area contributed by atoms with Crippen LogP contribution in [-0.2, 0) is 24.0 Å². The standard InChI is InChI=1S/C16H25N5O6/c17-12(22)7-10(14(25)19-8-13(23)24)20-15(26)11-4-2-6-21(11)16(27)9-3-1-5-18-9/h9-11,18H,1-8H2,(H2,17,22)(H,19,25)(H,20,26)(H,23,24). The van der Waals surface area contributed by atoms with Gasteiger partial charge in [-0.05, 0) is 32.2 Å². The van der Waals surface area contributed by atoms with E-state index in [4.69, 9.17) is 10.8 Å². The average Bonchev–Trinajstić information content (AvgIpc) is 3.29. The van der Waals surface area contributed by atoms with Crippen molar-refractivity contribution >= 4 is 29.6 Å². The number of likely N-dealkylation sites (tertiary alicyclic amines) is 1. The van der Waals surface area contributed by atoms with Crippen LogP contribution in [-0.4, -0.2) is 77.4 Å². The Morgan fingerprint density at radius 2 is 1.93 bits per heavy atom. The molecule has 4 amide bonds. The lowest BCUT2D eigenvalue weighted by atomic mass is 10.1. The van der Waals surface area contributed by atoms with Crippen LogP contribution in [0.25, 0.3) is 0 Å². The van der Waals surface area contributed by atoms with Gasteiger partial charge < -0.3 is 31.7 Å². The number of nitrogens with two attached hydrogens (primary N) is 1. The molecule has 27 heavy (non-hydrogen) atoms. The lowest BCUT2D eigenvalue weighted by Gasteiger charge is -2.28. The number of carbonyl (C=O) groups is 5. The molecule has 2 aliphatic rings. The van der Waals surface area contributed by atoms with Gasteiger partial charge in [0.15, 0.2) is 0 Å². The first-order valence-corrected chi connectivity index (χ1v) is 8.91. The summed E-state index contributed by atoms with van der Waals surface area (Å²) in [4.78, 5) is 60.6. The van der Waals surface area contributed by atoms with E-state index in [0.29, 0.717) is 25.8 Å². The molecule has 2 saturated heterocycles. The second-order valence-electron chi connectivity index (χ2n) is 6.68. The SMILES string of the molecule is NC(=O)CC(NC(=O)C1CCCN1C(=O)C1CCCN1)C(=O)NCC(=O)O. The summed E-state index contributed by atoms with van der Waals surface area (Å²) in [6.45, 7) is 0.553. The number of nitrogens with zero attached hydrogens (tertiary/aromatic N) is 1. The number of carboxylic acids is 1. The predicted molar refractivity (Wildman–Crippen MR) is 92.1 cm³/mol. The van der Waals surface area contributed by atoms with E-state index >= 15 is 0 Å². The highest BCUT2D eigenvalue weighted by Gasteiger charge is 2.39. The molecule has 3 unspecified atom stereocenters. The molecule has 0 aliphatic carbocycles. The minimum absolute atomic E-state index is 0.146. The first-order valence-electron chi connectivity index (χ1n) is 8.91. The van der Waals surface area contributed by atoms with Gasteiger partial charge in [0.1, 0.15) is 18.6 Å². The molecule has 0 radical (unpaired) electrons. The van der Waals surface area contributed by atoms with Crippen LogP contribution in [0.5, 0.6) is 0 Å². The molecule has 150 valence electrons. The second-order valence-corrected chi connectivity index (χ2v) is 6.68. The van der Waals surface area contributed by atoms with Crippen molar-refractivity contribution in [2.24, 2.45) is 5.73 Å². The van der Waals surface area contributed by atoms with E-state index < -0.39 is 48.7 Å². The van der Waals surface area contributed by atoms with Crippen molar-refractivity contribution in [1.82, 2.24) is 20.9 Å². The van der Waals surface area contributed by atoms with E-state index in [1.54, 1.807) is 0 Å². The largest absolute Gasteiger partial charge is 0.480 e. The first kappa shape index (κ1) is 20.6. The number of amides is 4. The molecule has 0 bridgehead atoms. The Labute approximate surface area is 156 Å². The predicted octanol–water partition coefficient (Wildman–Crippen LogP) is -2.71. The number of hydrogen-bond acceptors (Lipinski definition) is 6. The summed E-state index contributed by atoms with van der Waals surface area (Å²) in [5, 5.41) is 16.3. The number of rotatable bonds is 8. The van der Waals surface area contributed by atoms with Crippen molar-refractivity contribution in [3.05, 3.63) is 0 Å². The zero-order chi connectivity index (χ0) is 20.0. The van der Waals surface area contributed by atoms with Gasteiger partial charge in [0.25, 0.3) is 0 Å². The Morgan fingerprint density at radius 1 is 1.19 bits per heavy atom. The minimum atomic E-state index is -1.29. The maximum Gasteiger partial charge on any atom is 0.322 e. The van der Waals surface area contributed by atoms with Crippen molar-refractivity contribution < 1.29 is 29.1 Å². The van der Waals surface area contributed by atoms with Crippen molar-refractivity contribution in [2.75, 3.05) is 19.6 Å². The molecule has 2 heterocycles. The molecule has 3 atom stereocenters. The zero-order valence-electron chi connectivity index (χ0n) is 14.9. The monoisotopic (exact) mass is 383 g/mol. The summed E-state index contributed by atoms with van der Waals surface area (Å²) in [6.07, 6.45) is 2.24. The molecule has 0 aromatic carbocycles. The fourth-order valence-electron chi connectivity index (χ4n) is 3.36. The van der Waals surface area contributed by atoms with E-state index in [-0.39, 0.29) is 11.9 Å². The van der Waals surface area contributed by atoms with Gasteiger partial charge in [0.05, 0.1) is 12.5 Å². The van der Waals surface area contributed by atoms with Crippen LogP contribution in [0.15, 0.2) is 0 Å².